The molecule has 0 N–H and O–H groups in total. The third-order valence-electron chi connectivity index (χ3n) is 1.88. The van der Waals surface area contributed by atoms with Crippen LogP contribution in [0.3, 0.4) is 0 Å². The lowest BCUT2D eigenvalue weighted by molar-refractivity contribution is 0.261. The molecular formula is C11H16ClNO. The number of nitrogens with zero attached hydrogens (tertiary/aromatic N) is 1. The van der Waals surface area contributed by atoms with Crippen LogP contribution in [0.2, 0.25) is 0 Å². The second-order valence-electron chi connectivity index (χ2n) is 3.43. The van der Waals surface area contributed by atoms with Crippen molar-refractivity contribution in [2.45, 2.75) is 5.88 Å². The van der Waals surface area contributed by atoms with Crippen molar-refractivity contribution in [2.24, 2.45) is 0 Å². The van der Waals surface area contributed by atoms with Gasteiger partial charge in [-0.15, -0.1) is 11.6 Å². The first kappa shape index (κ1) is 11.3. The van der Waals surface area contributed by atoms with Crippen molar-refractivity contribution < 1.29 is 4.74 Å². The standard InChI is InChI=1S/C11H16ClNO/c1-13(2)7-8-14-11-5-3-10(9-12)4-6-11/h3-6H,7-9H2,1-2H3. The van der Waals surface area contributed by atoms with Crippen molar-refractivity contribution in [3.63, 3.8) is 0 Å². The maximum atomic E-state index is 5.68. The van der Waals surface area contributed by atoms with Crippen LogP contribution >= 0.6 is 11.6 Å². The second kappa shape index (κ2) is 5.89. The average Bonchev–Trinajstić information content (AvgIpc) is 2.18. The number of likely N-dealkylation sites (N-methyl/N-ethyl adjacent to an activating group) is 1. The molecule has 0 bridgehead atoms. The summed E-state index contributed by atoms with van der Waals surface area (Å²) in [7, 11) is 4.06. The molecule has 0 fully saturated rings. The molecule has 1 aromatic carbocycles. The molecule has 0 amide bonds. The van der Waals surface area contributed by atoms with Crippen LogP contribution in [-0.2, 0) is 5.88 Å². The Hall–Kier alpha value is -0.730. The topological polar surface area (TPSA) is 12.5 Å². The fourth-order valence-corrected chi connectivity index (χ4v) is 1.20. The van der Waals surface area contributed by atoms with Gasteiger partial charge >= 0.3 is 0 Å². The summed E-state index contributed by atoms with van der Waals surface area (Å²) in [4.78, 5) is 2.09. The van der Waals surface area contributed by atoms with Crippen LogP contribution in [0.25, 0.3) is 0 Å². The summed E-state index contributed by atoms with van der Waals surface area (Å²) >= 11 is 5.68. The highest BCUT2D eigenvalue weighted by Crippen LogP contribution is 2.13. The van der Waals surface area contributed by atoms with Gasteiger partial charge in [0.2, 0.25) is 0 Å². The maximum Gasteiger partial charge on any atom is 0.119 e. The maximum absolute atomic E-state index is 5.68. The van der Waals surface area contributed by atoms with Gasteiger partial charge in [-0.2, -0.15) is 0 Å². The van der Waals surface area contributed by atoms with Gasteiger partial charge in [0, 0.05) is 12.4 Å². The third kappa shape index (κ3) is 3.99. The Kier molecular flexibility index (Phi) is 4.77. The molecule has 0 radical (unpaired) electrons. The lowest BCUT2D eigenvalue weighted by Gasteiger charge is -2.10. The molecule has 0 aromatic heterocycles. The molecule has 0 aliphatic rings. The molecule has 0 atom stereocenters. The first-order valence-corrected chi connectivity index (χ1v) is 5.18. The highest BCUT2D eigenvalue weighted by molar-refractivity contribution is 6.17. The van der Waals surface area contributed by atoms with E-state index in [4.69, 9.17) is 16.3 Å². The molecular weight excluding hydrogens is 198 g/mol. The predicted octanol–water partition coefficient (Wildman–Crippen LogP) is 2.37. The average molecular weight is 214 g/mol. The lowest BCUT2D eigenvalue weighted by atomic mass is 10.2. The molecule has 0 aliphatic heterocycles. The minimum Gasteiger partial charge on any atom is -0.492 e. The normalized spacial score (nSPS) is 10.6. The molecule has 3 heteroatoms. The van der Waals surface area contributed by atoms with Crippen LogP contribution in [0.4, 0.5) is 0 Å². The molecule has 14 heavy (non-hydrogen) atoms. The minimum atomic E-state index is 0.554. The van der Waals surface area contributed by atoms with E-state index in [-0.39, 0.29) is 0 Å². The van der Waals surface area contributed by atoms with Crippen LogP contribution in [-0.4, -0.2) is 32.1 Å². The second-order valence-corrected chi connectivity index (χ2v) is 3.70. The molecule has 0 saturated carbocycles. The van der Waals surface area contributed by atoms with E-state index in [2.05, 4.69) is 4.90 Å². The fourth-order valence-electron chi connectivity index (χ4n) is 1.02. The van der Waals surface area contributed by atoms with E-state index in [1.165, 1.54) is 0 Å². The molecule has 2 nitrogen and oxygen atoms in total. The summed E-state index contributed by atoms with van der Waals surface area (Å²) in [6, 6.07) is 7.87. The zero-order valence-electron chi connectivity index (χ0n) is 8.66. The number of rotatable bonds is 5. The summed E-state index contributed by atoms with van der Waals surface area (Å²) < 4.78 is 5.53. The lowest BCUT2D eigenvalue weighted by Crippen LogP contribution is -2.19. The number of benzene rings is 1. The number of halogens is 1. The van der Waals surface area contributed by atoms with E-state index < -0.39 is 0 Å². The van der Waals surface area contributed by atoms with Gasteiger partial charge in [0.1, 0.15) is 12.4 Å². The third-order valence-corrected chi connectivity index (χ3v) is 2.19. The van der Waals surface area contributed by atoms with Crippen molar-refractivity contribution in [1.29, 1.82) is 0 Å². The monoisotopic (exact) mass is 213 g/mol. The van der Waals surface area contributed by atoms with Gasteiger partial charge in [-0.25, -0.2) is 0 Å². The molecule has 0 aliphatic carbocycles. The summed E-state index contributed by atoms with van der Waals surface area (Å²) in [5.41, 5.74) is 1.12. The van der Waals surface area contributed by atoms with Crippen molar-refractivity contribution in [2.75, 3.05) is 27.2 Å². The first-order valence-electron chi connectivity index (χ1n) is 4.65. The Balaban J connectivity index is 2.36. The molecule has 0 unspecified atom stereocenters. The number of hydrogen-bond acceptors (Lipinski definition) is 2. The summed E-state index contributed by atoms with van der Waals surface area (Å²) in [6.07, 6.45) is 0. The Morgan fingerprint density at radius 3 is 2.36 bits per heavy atom. The highest BCUT2D eigenvalue weighted by Gasteiger charge is 1.95. The van der Waals surface area contributed by atoms with Crippen LogP contribution in [0, 0.1) is 0 Å². The van der Waals surface area contributed by atoms with Crippen molar-refractivity contribution in [1.82, 2.24) is 4.90 Å². The molecule has 0 saturated heterocycles. The van der Waals surface area contributed by atoms with Gasteiger partial charge in [0.05, 0.1) is 0 Å². The molecule has 78 valence electrons. The Bertz CT molecular complexity index is 258. The Labute approximate surface area is 90.4 Å². The number of ether oxygens (including phenoxy) is 1. The number of alkyl halides is 1. The van der Waals surface area contributed by atoms with Crippen LogP contribution in [0.5, 0.6) is 5.75 Å². The minimum absolute atomic E-state index is 0.554. The zero-order valence-corrected chi connectivity index (χ0v) is 9.42. The van der Waals surface area contributed by atoms with Crippen molar-refractivity contribution in [3.05, 3.63) is 29.8 Å². The van der Waals surface area contributed by atoms with Gasteiger partial charge in [-0.1, -0.05) is 12.1 Å². The van der Waals surface area contributed by atoms with Crippen molar-refractivity contribution in [3.8, 4) is 5.75 Å². The van der Waals surface area contributed by atoms with E-state index in [9.17, 15) is 0 Å². The summed E-state index contributed by atoms with van der Waals surface area (Å²) in [5.74, 6) is 1.46. The quantitative estimate of drug-likeness (QED) is 0.697. The fraction of sp³-hybridized carbons (Fsp3) is 0.455. The van der Waals surface area contributed by atoms with E-state index in [0.717, 1.165) is 17.9 Å². The van der Waals surface area contributed by atoms with E-state index in [1.807, 2.05) is 38.4 Å². The van der Waals surface area contributed by atoms with Crippen LogP contribution in [0.15, 0.2) is 24.3 Å². The molecule has 1 aromatic rings. The summed E-state index contributed by atoms with van der Waals surface area (Å²) in [5, 5.41) is 0. The Morgan fingerprint density at radius 1 is 1.21 bits per heavy atom. The van der Waals surface area contributed by atoms with E-state index in [0.29, 0.717) is 12.5 Å². The SMILES string of the molecule is CN(C)CCOc1ccc(CCl)cc1. The smallest absolute Gasteiger partial charge is 0.119 e. The Morgan fingerprint density at radius 2 is 1.86 bits per heavy atom. The molecule has 1 rings (SSSR count). The predicted molar refractivity (Wildman–Crippen MR) is 60.0 cm³/mol. The van der Waals surface area contributed by atoms with Crippen molar-refractivity contribution >= 4 is 11.6 Å². The first-order chi connectivity index (χ1) is 6.72. The van der Waals surface area contributed by atoms with Gasteiger partial charge in [-0.05, 0) is 31.8 Å². The van der Waals surface area contributed by atoms with Crippen LogP contribution < -0.4 is 4.74 Å². The summed E-state index contributed by atoms with van der Waals surface area (Å²) in [6.45, 7) is 1.64. The van der Waals surface area contributed by atoms with E-state index >= 15 is 0 Å². The van der Waals surface area contributed by atoms with Gasteiger partial charge in [0.15, 0.2) is 0 Å². The van der Waals surface area contributed by atoms with E-state index in [1.54, 1.807) is 0 Å². The van der Waals surface area contributed by atoms with Gasteiger partial charge in [0.25, 0.3) is 0 Å². The van der Waals surface area contributed by atoms with Gasteiger partial charge in [-0.3, -0.25) is 0 Å². The van der Waals surface area contributed by atoms with Gasteiger partial charge < -0.3 is 9.64 Å². The molecule has 0 spiro atoms. The molecule has 0 heterocycles. The van der Waals surface area contributed by atoms with Crippen LogP contribution in [0.1, 0.15) is 5.56 Å². The largest absolute Gasteiger partial charge is 0.492 e. The number of hydrogen-bond donors (Lipinski definition) is 0. The highest BCUT2D eigenvalue weighted by atomic mass is 35.5. The zero-order chi connectivity index (χ0) is 10.4.